The number of hydrogen-bond donors (Lipinski definition) is 2. The molecule has 0 saturated carbocycles. The third-order valence-electron chi connectivity index (χ3n) is 4.27. The molecule has 0 fully saturated rings. The molecular weight excluding hydrogens is 412 g/mol. The Bertz CT molecular complexity index is 1180. The monoisotopic (exact) mass is 428 g/mol. The van der Waals surface area contributed by atoms with Gasteiger partial charge in [-0.25, -0.2) is 9.97 Å². The minimum atomic E-state index is 0.775. The second-order valence-electron chi connectivity index (χ2n) is 6.38. The SMILES string of the molecule is C(=N\Nc1nc2ccccc2s1)/c1ccc(/C=N/Nc2nc3ccccc3s2)cc1. The highest BCUT2D eigenvalue weighted by Crippen LogP contribution is 2.26. The molecule has 0 amide bonds. The second kappa shape index (κ2) is 8.40. The molecule has 0 radical (unpaired) electrons. The molecule has 5 rings (SSSR count). The largest absolute Gasteiger partial charge is 0.253 e. The number of nitrogens with zero attached hydrogens (tertiary/aromatic N) is 4. The number of hydrazone groups is 2. The van der Waals surface area contributed by atoms with Crippen molar-refractivity contribution < 1.29 is 0 Å². The average molecular weight is 429 g/mol. The van der Waals surface area contributed by atoms with Gasteiger partial charge in [-0.3, -0.25) is 10.9 Å². The predicted octanol–water partition coefficient (Wildman–Crippen LogP) is 5.80. The van der Waals surface area contributed by atoms with E-state index in [-0.39, 0.29) is 0 Å². The predicted molar refractivity (Wildman–Crippen MR) is 128 cm³/mol. The van der Waals surface area contributed by atoms with Crippen molar-refractivity contribution in [1.82, 2.24) is 9.97 Å². The van der Waals surface area contributed by atoms with Gasteiger partial charge in [-0.1, -0.05) is 71.2 Å². The summed E-state index contributed by atoms with van der Waals surface area (Å²) in [4.78, 5) is 8.99. The molecule has 0 aliphatic rings. The lowest BCUT2D eigenvalue weighted by atomic mass is 10.2. The minimum absolute atomic E-state index is 0.775. The highest BCUT2D eigenvalue weighted by atomic mass is 32.1. The van der Waals surface area contributed by atoms with Crippen molar-refractivity contribution in [2.75, 3.05) is 10.9 Å². The first-order chi connectivity index (χ1) is 14.8. The molecular formula is C22H16N6S2. The number of anilines is 2. The summed E-state index contributed by atoms with van der Waals surface area (Å²) in [6.07, 6.45) is 3.54. The summed E-state index contributed by atoms with van der Waals surface area (Å²) in [5, 5.41) is 10.1. The van der Waals surface area contributed by atoms with Crippen molar-refractivity contribution in [2.24, 2.45) is 10.2 Å². The molecule has 5 aromatic rings. The Hall–Kier alpha value is -3.62. The number of aromatic nitrogens is 2. The fourth-order valence-electron chi connectivity index (χ4n) is 2.83. The zero-order chi connectivity index (χ0) is 20.2. The van der Waals surface area contributed by atoms with E-state index < -0.39 is 0 Å². The van der Waals surface area contributed by atoms with Crippen LogP contribution in [0.4, 0.5) is 10.3 Å². The van der Waals surface area contributed by atoms with Gasteiger partial charge in [0.25, 0.3) is 0 Å². The van der Waals surface area contributed by atoms with E-state index in [1.807, 2.05) is 72.8 Å². The van der Waals surface area contributed by atoms with Crippen LogP contribution in [0, 0.1) is 0 Å². The molecule has 3 aromatic carbocycles. The molecule has 0 atom stereocenters. The van der Waals surface area contributed by atoms with Gasteiger partial charge in [0.2, 0.25) is 10.3 Å². The molecule has 2 N–H and O–H groups in total. The molecule has 0 saturated heterocycles. The lowest BCUT2D eigenvalue weighted by Crippen LogP contribution is -1.92. The fourth-order valence-corrected chi connectivity index (χ4v) is 4.46. The molecule has 6 nitrogen and oxygen atoms in total. The van der Waals surface area contributed by atoms with Crippen LogP contribution in [-0.2, 0) is 0 Å². The number of fused-ring (bicyclic) bond motifs is 2. The van der Waals surface area contributed by atoms with E-state index in [0.717, 1.165) is 41.8 Å². The zero-order valence-electron chi connectivity index (χ0n) is 15.7. The van der Waals surface area contributed by atoms with Gasteiger partial charge in [-0.2, -0.15) is 10.2 Å². The van der Waals surface area contributed by atoms with Gasteiger partial charge in [0.05, 0.1) is 32.9 Å². The lowest BCUT2D eigenvalue weighted by molar-refractivity contribution is 1.31. The van der Waals surface area contributed by atoms with Crippen LogP contribution in [0.1, 0.15) is 11.1 Å². The van der Waals surface area contributed by atoms with Crippen molar-refractivity contribution in [2.45, 2.75) is 0 Å². The van der Waals surface area contributed by atoms with E-state index in [0.29, 0.717) is 0 Å². The number of nitrogens with one attached hydrogen (secondary N) is 2. The van der Waals surface area contributed by atoms with E-state index >= 15 is 0 Å². The molecule has 8 heteroatoms. The maximum absolute atomic E-state index is 4.50. The van der Waals surface area contributed by atoms with Crippen molar-refractivity contribution >= 4 is 65.8 Å². The van der Waals surface area contributed by atoms with Crippen LogP contribution < -0.4 is 10.9 Å². The summed E-state index contributed by atoms with van der Waals surface area (Å²) >= 11 is 3.16. The van der Waals surface area contributed by atoms with E-state index in [1.54, 1.807) is 35.1 Å². The summed E-state index contributed by atoms with van der Waals surface area (Å²) in [7, 11) is 0. The lowest BCUT2D eigenvalue weighted by Gasteiger charge is -1.97. The van der Waals surface area contributed by atoms with E-state index in [1.165, 1.54) is 0 Å². The highest BCUT2D eigenvalue weighted by Gasteiger charge is 2.02. The Balaban J connectivity index is 1.18. The maximum atomic E-state index is 4.50. The number of rotatable bonds is 6. The molecule has 0 unspecified atom stereocenters. The van der Waals surface area contributed by atoms with Crippen LogP contribution in [0.5, 0.6) is 0 Å². The van der Waals surface area contributed by atoms with Gasteiger partial charge >= 0.3 is 0 Å². The van der Waals surface area contributed by atoms with E-state index in [9.17, 15) is 0 Å². The number of para-hydroxylation sites is 2. The summed E-state index contributed by atoms with van der Waals surface area (Å²) < 4.78 is 2.27. The molecule has 0 aliphatic heterocycles. The Labute approximate surface area is 180 Å². The Morgan fingerprint density at radius 2 is 1.03 bits per heavy atom. The Morgan fingerprint density at radius 1 is 0.600 bits per heavy atom. The highest BCUT2D eigenvalue weighted by molar-refractivity contribution is 7.22. The maximum Gasteiger partial charge on any atom is 0.204 e. The van der Waals surface area contributed by atoms with Gasteiger partial charge in [0.15, 0.2) is 0 Å². The molecule has 146 valence electrons. The van der Waals surface area contributed by atoms with Crippen LogP contribution in [0.2, 0.25) is 0 Å². The van der Waals surface area contributed by atoms with Gasteiger partial charge in [-0.05, 0) is 35.4 Å². The normalized spacial score (nSPS) is 11.7. The smallest absolute Gasteiger partial charge is 0.204 e. The van der Waals surface area contributed by atoms with Crippen LogP contribution in [0.25, 0.3) is 20.4 Å². The summed E-state index contributed by atoms with van der Waals surface area (Å²) in [6.45, 7) is 0. The average Bonchev–Trinajstić information content (AvgIpc) is 3.38. The van der Waals surface area contributed by atoms with E-state index in [2.05, 4.69) is 31.0 Å². The van der Waals surface area contributed by atoms with Crippen LogP contribution in [0.3, 0.4) is 0 Å². The van der Waals surface area contributed by atoms with Crippen LogP contribution in [-0.4, -0.2) is 22.4 Å². The number of benzene rings is 3. The third-order valence-corrected chi connectivity index (χ3v) is 6.15. The summed E-state index contributed by atoms with van der Waals surface area (Å²) in [6, 6.07) is 24.0. The van der Waals surface area contributed by atoms with Crippen LogP contribution >= 0.6 is 22.7 Å². The fraction of sp³-hybridized carbons (Fsp3) is 0. The van der Waals surface area contributed by atoms with Gasteiger partial charge in [0.1, 0.15) is 0 Å². The first kappa shape index (κ1) is 18.4. The van der Waals surface area contributed by atoms with Gasteiger partial charge in [-0.15, -0.1) is 0 Å². The molecule has 30 heavy (non-hydrogen) atoms. The molecule has 0 bridgehead atoms. The zero-order valence-corrected chi connectivity index (χ0v) is 17.3. The van der Waals surface area contributed by atoms with E-state index in [4.69, 9.17) is 0 Å². The van der Waals surface area contributed by atoms with Crippen LogP contribution in [0.15, 0.2) is 83.0 Å². The quantitative estimate of drug-likeness (QED) is 0.265. The Morgan fingerprint density at radius 3 is 1.47 bits per heavy atom. The molecule has 0 aliphatic carbocycles. The number of hydrogen-bond acceptors (Lipinski definition) is 8. The Kier molecular flexibility index (Phi) is 5.15. The van der Waals surface area contributed by atoms with Crippen molar-refractivity contribution in [3.63, 3.8) is 0 Å². The minimum Gasteiger partial charge on any atom is -0.253 e. The topological polar surface area (TPSA) is 74.6 Å². The van der Waals surface area contributed by atoms with Crippen molar-refractivity contribution in [1.29, 1.82) is 0 Å². The van der Waals surface area contributed by atoms with Crippen molar-refractivity contribution in [3.8, 4) is 0 Å². The standard InChI is InChI=1S/C22H16N6S2/c1-3-7-19-17(5-1)25-21(29-19)27-23-13-15-9-11-16(12-10-15)14-24-28-22-26-18-6-2-4-8-20(18)30-22/h1-14H,(H,25,27)(H,26,28)/b23-13+,24-14+. The molecule has 2 heterocycles. The molecule has 0 spiro atoms. The number of thiazole rings is 2. The van der Waals surface area contributed by atoms with Gasteiger partial charge in [0, 0.05) is 0 Å². The second-order valence-corrected chi connectivity index (χ2v) is 8.44. The summed E-state index contributed by atoms with van der Waals surface area (Å²) in [5.41, 5.74) is 9.91. The molecule has 2 aromatic heterocycles. The van der Waals surface area contributed by atoms with Crippen molar-refractivity contribution in [3.05, 3.63) is 83.9 Å². The summed E-state index contributed by atoms with van der Waals surface area (Å²) in [5.74, 6) is 0. The first-order valence-corrected chi connectivity index (χ1v) is 10.9. The third kappa shape index (κ3) is 4.19. The first-order valence-electron chi connectivity index (χ1n) is 9.23. The van der Waals surface area contributed by atoms with Gasteiger partial charge < -0.3 is 0 Å².